The van der Waals surface area contributed by atoms with E-state index in [0.717, 1.165) is 29.0 Å². The van der Waals surface area contributed by atoms with Crippen molar-refractivity contribution in [1.29, 1.82) is 0 Å². The number of unbranched alkanes of at least 4 members (excludes halogenated alkanes) is 1. The molecule has 1 aromatic carbocycles. The van der Waals surface area contributed by atoms with E-state index in [1.165, 1.54) is 12.1 Å². The van der Waals surface area contributed by atoms with Crippen molar-refractivity contribution < 1.29 is 4.39 Å². The molecule has 1 aliphatic heterocycles. The summed E-state index contributed by atoms with van der Waals surface area (Å²) >= 11 is 5.73. The van der Waals surface area contributed by atoms with Gasteiger partial charge in [0.05, 0.1) is 0 Å². The fraction of sp³-hybridized carbons (Fsp3) is 0.417. The van der Waals surface area contributed by atoms with Crippen molar-refractivity contribution in [3.05, 3.63) is 35.6 Å². The molecule has 2 atom stereocenters. The molecule has 116 valence electrons. The fourth-order valence-corrected chi connectivity index (χ4v) is 17.9. The van der Waals surface area contributed by atoms with Crippen LogP contribution in [0.4, 0.5) is 4.39 Å². The minimum Gasteiger partial charge on any atom is -0.207 e. The zero-order valence-electron chi connectivity index (χ0n) is 11.2. The van der Waals surface area contributed by atoms with E-state index in [1.54, 1.807) is 50.1 Å². The lowest BCUT2D eigenvalue weighted by Gasteiger charge is -2.30. The third-order valence-corrected chi connectivity index (χ3v) is 16.9. The molecule has 2 unspecified atom stereocenters. The topological polar surface area (TPSA) is 26.0 Å². The number of thiocarbonyl (C=S) groups is 1. The van der Waals surface area contributed by atoms with Gasteiger partial charge in [0.1, 0.15) is 10.0 Å². The lowest BCUT2D eigenvalue weighted by molar-refractivity contribution is 0.621. The van der Waals surface area contributed by atoms with E-state index in [4.69, 9.17) is 17.4 Å². The van der Waals surface area contributed by atoms with Crippen LogP contribution < -0.4 is 5.14 Å². The molecule has 2 N–H and O–H groups in total. The normalized spacial score (nSPS) is 27.2. The number of hydrogen-bond donors (Lipinski definition) is 1. The Morgan fingerprint density at radius 1 is 1.24 bits per heavy atom. The predicted octanol–water partition coefficient (Wildman–Crippen LogP) is 6.29. The number of nitrogens with two attached hydrogens (primary N) is 1. The highest BCUT2D eigenvalue weighted by Gasteiger charge is 2.54. The van der Waals surface area contributed by atoms with Crippen LogP contribution in [0.15, 0.2) is 24.3 Å². The summed E-state index contributed by atoms with van der Waals surface area (Å²) < 4.78 is 13.9. The van der Waals surface area contributed by atoms with Gasteiger partial charge in [0.25, 0.3) is 0 Å². The molecule has 9 heteroatoms. The summed E-state index contributed by atoms with van der Waals surface area (Å²) in [6, 6.07) is 6.70. The van der Waals surface area contributed by atoms with Crippen LogP contribution in [0, 0.1) is 5.82 Å². The molecular formula is C12H15FNS7+. The second-order valence-electron chi connectivity index (χ2n) is 4.38. The van der Waals surface area contributed by atoms with E-state index >= 15 is 0 Å². The molecule has 0 amide bonds. The number of rotatable bonds is 4. The third-order valence-electron chi connectivity index (χ3n) is 3.13. The molecule has 0 aliphatic carbocycles. The molecule has 1 aliphatic rings. The van der Waals surface area contributed by atoms with Gasteiger partial charge >= 0.3 is 0 Å². The minimum atomic E-state index is -0.443. The fourth-order valence-electron chi connectivity index (χ4n) is 2.03. The van der Waals surface area contributed by atoms with Crippen molar-refractivity contribution in [2.45, 2.75) is 30.9 Å². The number of benzene rings is 1. The van der Waals surface area contributed by atoms with E-state index in [-0.39, 0.29) is 10.6 Å². The lowest BCUT2D eigenvalue weighted by Crippen LogP contribution is -2.43. The summed E-state index contributed by atoms with van der Waals surface area (Å²) in [6.07, 6.45) is 3.06. The standard InChI is InChI=1S/C12H15FNS7/c1-2-3-8-12(9-4-6-10(13)7-5-9)11(15)16-17-18-19-20-21(12)14/h4-7H,2-3,8,14H2,1H3/q+1. The first-order valence-electron chi connectivity index (χ1n) is 6.25. The van der Waals surface area contributed by atoms with Crippen LogP contribution in [0.5, 0.6) is 0 Å². The van der Waals surface area contributed by atoms with Crippen LogP contribution in [-0.2, 0) is 14.9 Å². The summed E-state index contributed by atoms with van der Waals surface area (Å²) in [6.45, 7) is 2.17. The van der Waals surface area contributed by atoms with Gasteiger partial charge in [0.2, 0.25) is 4.75 Å². The second-order valence-corrected chi connectivity index (χ2v) is 15.6. The first kappa shape index (κ1) is 18.6. The van der Waals surface area contributed by atoms with Crippen molar-refractivity contribution in [3.63, 3.8) is 0 Å². The van der Waals surface area contributed by atoms with Gasteiger partial charge in [-0.3, -0.25) is 0 Å². The molecule has 1 nitrogen and oxygen atoms in total. The Balaban J connectivity index is 2.45. The maximum absolute atomic E-state index is 13.3. The van der Waals surface area contributed by atoms with Crippen LogP contribution in [0.3, 0.4) is 0 Å². The SMILES string of the molecule is CCCCC1(c2ccc(F)cc2)C(=S)SSSSS[S+]1N. The zero-order chi connectivity index (χ0) is 15.3. The monoisotopic (exact) mass is 416 g/mol. The average Bonchev–Trinajstić information content (AvgIpc) is 2.48. The lowest BCUT2D eigenvalue weighted by atomic mass is 9.94. The van der Waals surface area contributed by atoms with Crippen LogP contribution in [0.25, 0.3) is 0 Å². The molecule has 2 rings (SSSR count). The van der Waals surface area contributed by atoms with E-state index in [0.29, 0.717) is 0 Å². The minimum absolute atomic E-state index is 0.224. The van der Waals surface area contributed by atoms with Gasteiger partial charge in [-0.25, -0.2) is 4.39 Å². The van der Waals surface area contributed by atoms with Crippen molar-refractivity contribution in [3.8, 4) is 0 Å². The molecule has 0 radical (unpaired) electrons. The molecule has 0 aromatic heterocycles. The zero-order valence-corrected chi connectivity index (χ0v) is 17.0. The van der Waals surface area contributed by atoms with Gasteiger partial charge in [-0.1, -0.05) is 37.7 Å². The Kier molecular flexibility index (Phi) is 7.95. The van der Waals surface area contributed by atoms with Crippen LogP contribution >= 0.6 is 62.3 Å². The molecular weight excluding hydrogens is 402 g/mol. The summed E-state index contributed by atoms with van der Waals surface area (Å²) in [5.74, 6) is -0.224. The number of hydrogen-bond acceptors (Lipinski definition) is 7. The van der Waals surface area contributed by atoms with Gasteiger partial charge in [0.15, 0.2) is 19.9 Å². The maximum Gasteiger partial charge on any atom is 0.226 e. The predicted molar refractivity (Wildman–Crippen MR) is 110 cm³/mol. The number of halogens is 1. The Morgan fingerprint density at radius 2 is 1.95 bits per heavy atom. The van der Waals surface area contributed by atoms with Crippen molar-refractivity contribution in [2.24, 2.45) is 5.14 Å². The summed E-state index contributed by atoms with van der Waals surface area (Å²) in [5.41, 5.74) is 1.04. The highest BCUT2D eigenvalue weighted by molar-refractivity contribution is 9.42. The third kappa shape index (κ3) is 4.43. The molecule has 1 saturated heterocycles. The Morgan fingerprint density at radius 3 is 2.62 bits per heavy atom. The second kappa shape index (κ2) is 8.96. The molecule has 0 bridgehead atoms. The summed E-state index contributed by atoms with van der Waals surface area (Å²) in [7, 11) is 7.94. The van der Waals surface area contributed by atoms with Gasteiger partial charge in [0, 0.05) is 31.6 Å². The average molecular weight is 417 g/mol. The van der Waals surface area contributed by atoms with Gasteiger partial charge in [-0.05, 0) is 39.2 Å². The van der Waals surface area contributed by atoms with Crippen LogP contribution in [0.2, 0.25) is 0 Å². The molecule has 1 heterocycles. The summed E-state index contributed by atoms with van der Waals surface area (Å²) in [5, 5.41) is 6.54. The van der Waals surface area contributed by atoms with Crippen molar-refractivity contribution in [1.82, 2.24) is 0 Å². The molecule has 0 saturated carbocycles. The first-order valence-corrected chi connectivity index (χ1v) is 14.6. The quantitative estimate of drug-likeness (QED) is 0.350. The van der Waals surface area contributed by atoms with E-state index in [9.17, 15) is 4.39 Å². The Bertz CT molecular complexity index is 483. The molecule has 1 aromatic rings. The van der Waals surface area contributed by atoms with Gasteiger partial charge in [-0.15, -0.1) is 5.14 Å². The van der Waals surface area contributed by atoms with Gasteiger partial charge in [-0.2, -0.15) is 0 Å². The smallest absolute Gasteiger partial charge is 0.207 e. The highest BCUT2D eigenvalue weighted by Crippen LogP contribution is 2.60. The molecule has 0 spiro atoms. The van der Waals surface area contributed by atoms with E-state index in [2.05, 4.69) is 6.92 Å². The van der Waals surface area contributed by atoms with Gasteiger partial charge < -0.3 is 0 Å². The first-order chi connectivity index (χ1) is 10.1. The molecule has 1 fully saturated rings. The summed E-state index contributed by atoms with van der Waals surface area (Å²) in [4.78, 5) is 0. The van der Waals surface area contributed by atoms with Crippen molar-refractivity contribution in [2.75, 3.05) is 0 Å². The Hall–Kier alpha value is 1.30. The largest absolute Gasteiger partial charge is 0.226 e. The van der Waals surface area contributed by atoms with Crippen LogP contribution in [0.1, 0.15) is 31.7 Å². The molecule has 21 heavy (non-hydrogen) atoms. The maximum atomic E-state index is 13.3. The Labute approximate surface area is 151 Å². The van der Waals surface area contributed by atoms with Crippen molar-refractivity contribution >= 4 is 76.6 Å². The van der Waals surface area contributed by atoms with E-state index < -0.39 is 10.1 Å². The highest BCUT2D eigenvalue weighted by atomic mass is 33.9. The van der Waals surface area contributed by atoms with Crippen LogP contribution in [-0.4, -0.2) is 4.20 Å². The van der Waals surface area contributed by atoms with E-state index in [1.807, 2.05) is 12.1 Å².